The molecule has 0 aliphatic heterocycles. The number of halogens is 4. The van der Waals surface area contributed by atoms with Crippen LogP contribution in [0, 0.1) is 6.92 Å². The molecular formula is C17H23F4N3O2. The molecule has 9 heteroatoms. The van der Waals surface area contributed by atoms with Crippen LogP contribution in [0.3, 0.4) is 0 Å². The molecule has 0 atom stereocenters. The fourth-order valence-corrected chi connectivity index (χ4v) is 3.72. The fraction of sp³-hybridized carbons (Fsp3) is 0.765. The number of nitrogens with one attached hydrogen (secondary N) is 1. The molecule has 2 aliphatic rings. The van der Waals surface area contributed by atoms with Crippen molar-refractivity contribution in [3.8, 4) is 0 Å². The molecule has 1 aromatic heterocycles. The Labute approximate surface area is 149 Å². The standard InChI is InChI=1S/C17H23F4N3O2/c1-10-12(15(2)7-17(20,21)8-15)23-24(11-5-4-6-11)13(10)22-14(25)26-9-16(3,18)19/h11H,4-9H2,1-3H3,(H,22,25). The van der Waals surface area contributed by atoms with Crippen molar-refractivity contribution < 1.29 is 27.1 Å². The zero-order valence-electron chi connectivity index (χ0n) is 15.0. The summed E-state index contributed by atoms with van der Waals surface area (Å²) in [6.45, 7) is 3.04. The number of anilines is 1. The Bertz CT molecular complexity index is 700. The number of carbonyl (C=O) groups is 1. The van der Waals surface area contributed by atoms with Gasteiger partial charge in [0.2, 0.25) is 5.92 Å². The Morgan fingerprint density at radius 3 is 2.46 bits per heavy atom. The van der Waals surface area contributed by atoms with E-state index in [9.17, 15) is 22.4 Å². The third-order valence-corrected chi connectivity index (χ3v) is 5.11. The minimum Gasteiger partial charge on any atom is -0.443 e. The van der Waals surface area contributed by atoms with Crippen molar-refractivity contribution in [3.63, 3.8) is 0 Å². The van der Waals surface area contributed by atoms with E-state index in [0.29, 0.717) is 24.0 Å². The highest BCUT2D eigenvalue weighted by molar-refractivity contribution is 5.84. The average molecular weight is 377 g/mol. The summed E-state index contributed by atoms with van der Waals surface area (Å²) in [5.41, 5.74) is 0.334. The normalized spacial score (nSPS) is 21.7. The topological polar surface area (TPSA) is 56.2 Å². The summed E-state index contributed by atoms with van der Waals surface area (Å²) in [5.74, 6) is -5.50. The highest BCUT2D eigenvalue weighted by atomic mass is 19.3. The van der Waals surface area contributed by atoms with Crippen LogP contribution in [-0.4, -0.2) is 34.3 Å². The van der Waals surface area contributed by atoms with Crippen LogP contribution in [0.4, 0.5) is 28.2 Å². The average Bonchev–Trinajstić information content (AvgIpc) is 2.70. The molecule has 0 spiro atoms. The predicted molar refractivity (Wildman–Crippen MR) is 87.0 cm³/mol. The highest BCUT2D eigenvalue weighted by Crippen LogP contribution is 2.54. The third kappa shape index (κ3) is 3.66. The highest BCUT2D eigenvalue weighted by Gasteiger charge is 2.56. The lowest BCUT2D eigenvalue weighted by atomic mass is 9.65. The number of ether oxygens (including phenoxy) is 1. The summed E-state index contributed by atoms with van der Waals surface area (Å²) >= 11 is 0. The maximum atomic E-state index is 13.4. The minimum atomic E-state index is -3.13. The summed E-state index contributed by atoms with van der Waals surface area (Å²) in [6, 6.07) is 0.0644. The van der Waals surface area contributed by atoms with E-state index >= 15 is 0 Å². The van der Waals surface area contributed by atoms with Gasteiger partial charge in [-0.15, -0.1) is 0 Å². The molecule has 1 heterocycles. The van der Waals surface area contributed by atoms with Gasteiger partial charge in [-0.25, -0.2) is 27.0 Å². The molecule has 26 heavy (non-hydrogen) atoms. The van der Waals surface area contributed by atoms with Crippen molar-refractivity contribution in [1.82, 2.24) is 9.78 Å². The van der Waals surface area contributed by atoms with E-state index in [1.54, 1.807) is 18.5 Å². The van der Waals surface area contributed by atoms with E-state index < -0.39 is 30.0 Å². The summed E-state index contributed by atoms with van der Waals surface area (Å²) in [7, 11) is 0. The molecule has 146 valence electrons. The van der Waals surface area contributed by atoms with Crippen molar-refractivity contribution in [1.29, 1.82) is 0 Å². The second-order valence-corrected chi connectivity index (χ2v) is 7.89. The lowest BCUT2D eigenvalue weighted by molar-refractivity contribution is -0.122. The molecule has 0 unspecified atom stereocenters. The van der Waals surface area contributed by atoms with Gasteiger partial charge in [0.25, 0.3) is 5.92 Å². The fourth-order valence-electron chi connectivity index (χ4n) is 3.72. The monoisotopic (exact) mass is 377 g/mol. The molecule has 0 bridgehead atoms. The molecule has 3 rings (SSSR count). The van der Waals surface area contributed by atoms with Gasteiger partial charge in [0.15, 0.2) is 6.61 Å². The SMILES string of the molecule is Cc1c(C2(C)CC(F)(F)C2)nn(C2CCC2)c1NC(=O)OCC(C)(F)F. The molecule has 0 aromatic carbocycles. The summed E-state index contributed by atoms with van der Waals surface area (Å²) in [6.07, 6.45) is 1.14. The number of amides is 1. The van der Waals surface area contributed by atoms with Crippen molar-refractivity contribution in [2.45, 2.75) is 76.2 Å². The van der Waals surface area contributed by atoms with Crippen molar-refractivity contribution in [2.75, 3.05) is 11.9 Å². The lowest BCUT2D eigenvalue weighted by Gasteiger charge is -2.44. The smallest absolute Gasteiger partial charge is 0.413 e. The molecule has 1 amide bonds. The predicted octanol–water partition coefficient (Wildman–Crippen LogP) is 4.81. The van der Waals surface area contributed by atoms with E-state index in [2.05, 4.69) is 15.2 Å². The summed E-state index contributed by atoms with van der Waals surface area (Å²) in [5, 5.41) is 7.00. The van der Waals surface area contributed by atoms with Gasteiger partial charge in [0.1, 0.15) is 5.82 Å². The first-order valence-corrected chi connectivity index (χ1v) is 8.69. The quantitative estimate of drug-likeness (QED) is 0.750. The number of rotatable bonds is 5. The van der Waals surface area contributed by atoms with Crippen LogP contribution in [0.25, 0.3) is 0 Å². The molecule has 5 nitrogen and oxygen atoms in total. The van der Waals surface area contributed by atoms with Crippen molar-refractivity contribution in [2.24, 2.45) is 0 Å². The molecule has 2 saturated carbocycles. The van der Waals surface area contributed by atoms with Crippen LogP contribution < -0.4 is 5.32 Å². The first kappa shape index (κ1) is 19.0. The van der Waals surface area contributed by atoms with Crippen molar-refractivity contribution in [3.05, 3.63) is 11.3 Å². The van der Waals surface area contributed by atoms with Gasteiger partial charge >= 0.3 is 6.09 Å². The Kier molecular flexibility index (Phi) is 4.47. The molecular weight excluding hydrogens is 354 g/mol. The van der Waals surface area contributed by atoms with Gasteiger partial charge in [-0.05, 0) is 26.2 Å². The Balaban J connectivity index is 1.83. The largest absolute Gasteiger partial charge is 0.443 e. The molecule has 2 aliphatic carbocycles. The van der Waals surface area contributed by atoms with Crippen LogP contribution >= 0.6 is 0 Å². The molecule has 0 saturated heterocycles. The Hall–Kier alpha value is -1.80. The van der Waals surface area contributed by atoms with E-state index in [1.165, 1.54) is 0 Å². The van der Waals surface area contributed by atoms with E-state index in [1.807, 2.05) is 0 Å². The molecule has 2 fully saturated rings. The zero-order valence-corrected chi connectivity index (χ0v) is 15.0. The second kappa shape index (κ2) is 6.13. The van der Waals surface area contributed by atoms with Crippen LogP contribution in [-0.2, 0) is 10.2 Å². The zero-order chi connectivity index (χ0) is 19.3. The third-order valence-electron chi connectivity index (χ3n) is 5.11. The number of nitrogens with zero attached hydrogens (tertiary/aromatic N) is 2. The van der Waals surface area contributed by atoms with Crippen molar-refractivity contribution >= 4 is 11.9 Å². The number of carbonyl (C=O) groups excluding carboxylic acids is 1. The first-order chi connectivity index (χ1) is 11.9. The lowest BCUT2D eigenvalue weighted by Crippen LogP contribution is -2.47. The Morgan fingerprint density at radius 1 is 1.38 bits per heavy atom. The Morgan fingerprint density at radius 2 is 2.00 bits per heavy atom. The molecule has 1 N–H and O–H groups in total. The molecule has 1 aromatic rings. The van der Waals surface area contributed by atoms with Crippen LogP contribution in [0.1, 0.15) is 63.3 Å². The summed E-state index contributed by atoms with van der Waals surface area (Å²) < 4.78 is 58.8. The summed E-state index contributed by atoms with van der Waals surface area (Å²) in [4.78, 5) is 11.9. The maximum absolute atomic E-state index is 13.4. The van der Waals surface area contributed by atoms with Crippen LogP contribution in [0.5, 0.6) is 0 Å². The minimum absolute atomic E-state index is 0.0644. The van der Waals surface area contributed by atoms with Crippen LogP contribution in [0.2, 0.25) is 0 Å². The van der Waals surface area contributed by atoms with Gasteiger partial charge in [-0.3, -0.25) is 5.32 Å². The maximum Gasteiger partial charge on any atom is 0.413 e. The van der Waals surface area contributed by atoms with Crippen LogP contribution in [0.15, 0.2) is 0 Å². The van der Waals surface area contributed by atoms with E-state index in [0.717, 1.165) is 19.3 Å². The van der Waals surface area contributed by atoms with Gasteiger partial charge in [0, 0.05) is 30.7 Å². The number of hydrogen-bond donors (Lipinski definition) is 1. The van der Waals surface area contributed by atoms with Gasteiger partial charge in [-0.2, -0.15) is 5.10 Å². The number of hydrogen-bond acceptors (Lipinski definition) is 3. The van der Waals surface area contributed by atoms with Gasteiger partial charge in [-0.1, -0.05) is 6.92 Å². The van der Waals surface area contributed by atoms with E-state index in [4.69, 9.17) is 0 Å². The number of alkyl halides is 4. The molecule has 0 radical (unpaired) electrons. The second-order valence-electron chi connectivity index (χ2n) is 7.89. The van der Waals surface area contributed by atoms with E-state index in [-0.39, 0.29) is 18.9 Å². The number of aromatic nitrogens is 2. The van der Waals surface area contributed by atoms with Gasteiger partial charge in [0.05, 0.1) is 11.7 Å². The first-order valence-electron chi connectivity index (χ1n) is 8.69. The van der Waals surface area contributed by atoms with Gasteiger partial charge < -0.3 is 4.74 Å².